The lowest BCUT2D eigenvalue weighted by atomic mass is 9.92. The Morgan fingerprint density at radius 2 is 2.14 bits per heavy atom. The van der Waals surface area contributed by atoms with Crippen molar-refractivity contribution in [2.45, 2.75) is 45.8 Å². The maximum atomic E-state index is 5.53. The van der Waals surface area contributed by atoms with Crippen molar-refractivity contribution in [3.8, 4) is 5.75 Å². The number of rotatable bonds is 4. The lowest BCUT2D eigenvalue weighted by Crippen LogP contribution is -2.62. The number of piperazine rings is 1. The molecular formula is C17H27BrN2O. The fourth-order valence-electron chi connectivity index (χ4n) is 3.11. The Morgan fingerprint density at radius 1 is 1.43 bits per heavy atom. The molecule has 0 spiro atoms. The molecule has 4 heteroatoms. The average Bonchev–Trinajstić information content (AvgIpc) is 2.37. The predicted octanol–water partition coefficient (Wildman–Crippen LogP) is 3.67. The van der Waals surface area contributed by atoms with E-state index in [2.05, 4.69) is 59.9 Å². The summed E-state index contributed by atoms with van der Waals surface area (Å²) in [6.07, 6.45) is 0. The largest absolute Gasteiger partial charge is 0.496 e. The summed E-state index contributed by atoms with van der Waals surface area (Å²) in [4.78, 5) is 2.59. The van der Waals surface area contributed by atoms with E-state index >= 15 is 0 Å². The molecule has 0 aromatic heterocycles. The smallest absolute Gasteiger partial charge is 0.123 e. The second kappa shape index (κ2) is 6.67. The molecule has 1 N–H and O–H groups in total. The van der Waals surface area contributed by atoms with E-state index in [9.17, 15) is 0 Å². The van der Waals surface area contributed by atoms with Crippen LogP contribution >= 0.6 is 15.9 Å². The number of ether oxygens (including phenoxy) is 1. The van der Waals surface area contributed by atoms with E-state index in [0.717, 1.165) is 29.9 Å². The maximum Gasteiger partial charge on any atom is 0.123 e. The quantitative estimate of drug-likeness (QED) is 0.892. The van der Waals surface area contributed by atoms with Gasteiger partial charge in [0.25, 0.3) is 0 Å². The van der Waals surface area contributed by atoms with Crippen LogP contribution in [0.3, 0.4) is 0 Å². The molecule has 3 nitrogen and oxygen atoms in total. The molecule has 0 radical (unpaired) electrons. The summed E-state index contributed by atoms with van der Waals surface area (Å²) < 4.78 is 6.63. The van der Waals surface area contributed by atoms with Crippen molar-refractivity contribution < 1.29 is 4.74 Å². The highest BCUT2D eigenvalue weighted by molar-refractivity contribution is 9.10. The van der Waals surface area contributed by atoms with Crippen LogP contribution in [0.4, 0.5) is 0 Å². The SMILES string of the molecule is COc1ccc(Br)cc1CN1CC(C)(C)NCC1C(C)C. The summed E-state index contributed by atoms with van der Waals surface area (Å²) >= 11 is 3.57. The normalized spacial score (nSPS) is 22.5. The molecule has 0 saturated carbocycles. The van der Waals surface area contributed by atoms with Gasteiger partial charge in [0.15, 0.2) is 0 Å². The molecule has 1 aromatic rings. The van der Waals surface area contributed by atoms with Crippen LogP contribution < -0.4 is 10.1 Å². The van der Waals surface area contributed by atoms with Crippen LogP contribution in [0.2, 0.25) is 0 Å². The lowest BCUT2D eigenvalue weighted by molar-refractivity contribution is 0.0621. The summed E-state index contributed by atoms with van der Waals surface area (Å²) in [6.45, 7) is 12.2. The molecule has 118 valence electrons. The molecule has 21 heavy (non-hydrogen) atoms. The number of nitrogens with one attached hydrogen (secondary N) is 1. The first-order valence-electron chi connectivity index (χ1n) is 7.64. The van der Waals surface area contributed by atoms with Crippen molar-refractivity contribution in [1.29, 1.82) is 0 Å². The van der Waals surface area contributed by atoms with Crippen molar-refractivity contribution in [3.05, 3.63) is 28.2 Å². The van der Waals surface area contributed by atoms with Crippen LogP contribution in [-0.2, 0) is 6.54 Å². The van der Waals surface area contributed by atoms with Crippen LogP contribution in [0.5, 0.6) is 5.75 Å². The first kappa shape index (κ1) is 16.8. The first-order valence-corrected chi connectivity index (χ1v) is 8.43. The van der Waals surface area contributed by atoms with Gasteiger partial charge < -0.3 is 10.1 Å². The Morgan fingerprint density at radius 3 is 2.76 bits per heavy atom. The number of hydrogen-bond acceptors (Lipinski definition) is 3. The Labute approximate surface area is 137 Å². The predicted molar refractivity (Wildman–Crippen MR) is 91.8 cm³/mol. The summed E-state index contributed by atoms with van der Waals surface area (Å²) in [6, 6.07) is 6.80. The number of benzene rings is 1. The standard InChI is InChI=1S/C17H27BrN2O/c1-12(2)15-9-19-17(3,4)11-20(15)10-13-8-14(18)6-7-16(13)21-5/h6-8,12,15,19H,9-11H2,1-5H3. The van der Waals surface area contributed by atoms with Crippen LogP contribution in [-0.4, -0.2) is 36.7 Å². The maximum absolute atomic E-state index is 5.53. The van der Waals surface area contributed by atoms with Gasteiger partial charge in [0, 0.05) is 41.3 Å². The van der Waals surface area contributed by atoms with Gasteiger partial charge >= 0.3 is 0 Å². The van der Waals surface area contributed by atoms with Gasteiger partial charge in [-0.05, 0) is 38.0 Å². The third kappa shape index (κ3) is 4.21. The summed E-state index contributed by atoms with van der Waals surface area (Å²) in [5.41, 5.74) is 1.40. The van der Waals surface area contributed by atoms with E-state index in [-0.39, 0.29) is 5.54 Å². The van der Waals surface area contributed by atoms with Gasteiger partial charge in [-0.1, -0.05) is 29.8 Å². The van der Waals surface area contributed by atoms with E-state index in [0.29, 0.717) is 12.0 Å². The molecule has 1 aromatic carbocycles. The van der Waals surface area contributed by atoms with Gasteiger partial charge in [-0.3, -0.25) is 4.90 Å². The average molecular weight is 355 g/mol. The highest BCUT2D eigenvalue weighted by atomic mass is 79.9. The van der Waals surface area contributed by atoms with E-state index in [1.165, 1.54) is 5.56 Å². The molecule has 1 fully saturated rings. The zero-order valence-electron chi connectivity index (χ0n) is 13.7. The Hall–Kier alpha value is -0.580. The van der Waals surface area contributed by atoms with Gasteiger partial charge in [-0.25, -0.2) is 0 Å². The second-order valence-electron chi connectivity index (χ2n) is 6.94. The highest BCUT2D eigenvalue weighted by Gasteiger charge is 2.34. The summed E-state index contributed by atoms with van der Waals surface area (Å²) in [7, 11) is 1.74. The van der Waals surface area contributed by atoms with Gasteiger partial charge in [-0.2, -0.15) is 0 Å². The molecule has 1 aliphatic rings. The van der Waals surface area contributed by atoms with Crippen molar-refractivity contribution >= 4 is 15.9 Å². The topological polar surface area (TPSA) is 24.5 Å². The van der Waals surface area contributed by atoms with Crippen molar-refractivity contribution in [1.82, 2.24) is 10.2 Å². The molecule has 0 aliphatic carbocycles. The monoisotopic (exact) mass is 354 g/mol. The van der Waals surface area contributed by atoms with E-state index < -0.39 is 0 Å². The van der Waals surface area contributed by atoms with Crippen molar-refractivity contribution in [3.63, 3.8) is 0 Å². The molecule has 1 aliphatic heterocycles. The van der Waals surface area contributed by atoms with Crippen molar-refractivity contribution in [2.24, 2.45) is 5.92 Å². The van der Waals surface area contributed by atoms with Crippen LogP contribution in [0.25, 0.3) is 0 Å². The Bertz CT molecular complexity index is 488. The fourth-order valence-corrected chi connectivity index (χ4v) is 3.52. The minimum atomic E-state index is 0.157. The number of halogens is 1. The van der Waals surface area contributed by atoms with Gasteiger partial charge in [0.2, 0.25) is 0 Å². The van der Waals surface area contributed by atoms with Gasteiger partial charge in [-0.15, -0.1) is 0 Å². The zero-order chi connectivity index (χ0) is 15.6. The highest BCUT2D eigenvalue weighted by Crippen LogP contribution is 2.28. The van der Waals surface area contributed by atoms with Crippen molar-refractivity contribution in [2.75, 3.05) is 20.2 Å². The minimum absolute atomic E-state index is 0.157. The molecule has 0 amide bonds. The Balaban J connectivity index is 2.23. The number of hydrogen-bond donors (Lipinski definition) is 1. The molecular weight excluding hydrogens is 328 g/mol. The summed E-state index contributed by atoms with van der Waals surface area (Å²) in [5, 5.41) is 3.66. The molecule has 1 unspecified atom stereocenters. The van der Waals surface area contributed by atoms with Gasteiger partial charge in [0.05, 0.1) is 7.11 Å². The van der Waals surface area contributed by atoms with E-state index in [4.69, 9.17) is 4.74 Å². The zero-order valence-corrected chi connectivity index (χ0v) is 15.3. The third-order valence-electron chi connectivity index (χ3n) is 4.24. The molecule has 1 atom stereocenters. The third-order valence-corrected chi connectivity index (χ3v) is 4.74. The minimum Gasteiger partial charge on any atom is -0.496 e. The number of methoxy groups -OCH3 is 1. The molecule has 0 bridgehead atoms. The van der Waals surface area contributed by atoms with E-state index in [1.807, 2.05) is 12.1 Å². The first-order chi connectivity index (χ1) is 9.82. The van der Waals surface area contributed by atoms with Crippen LogP contribution in [0.1, 0.15) is 33.3 Å². The van der Waals surface area contributed by atoms with Crippen LogP contribution in [0, 0.1) is 5.92 Å². The molecule has 2 rings (SSSR count). The molecule has 1 heterocycles. The Kier molecular flexibility index (Phi) is 5.33. The second-order valence-corrected chi connectivity index (χ2v) is 7.85. The van der Waals surface area contributed by atoms with Crippen LogP contribution in [0.15, 0.2) is 22.7 Å². The van der Waals surface area contributed by atoms with E-state index in [1.54, 1.807) is 7.11 Å². The molecule has 1 saturated heterocycles. The number of nitrogens with zero attached hydrogens (tertiary/aromatic N) is 1. The fraction of sp³-hybridized carbons (Fsp3) is 0.647. The van der Waals surface area contributed by atoms with Gasteiger partial charge in [0.1, 0.15) is 5.75 Å². The lowest BCUT2D eigenvalue weighted by Gasteiger charge is -2.46. The summed E-state index contributed by atoms with van der Waals surface area (Å²) in [5.74, 6) is 1.60.